The number of aryl methyl sites for hydroxylation is 1. The van der Waals surface area contributed by atoms with E-state index < -0.39 is 0 Å². The second-order valence-electron chi connectivity index (χ2n) is 1.99. The van der Waals surface area contributed by atoms with Gasteiger partial charge in [0.2, 0.25) is 0 Å². The Morgan fingerprint density at radius 1 is 1.58 bits per heavy atom. The van der Waals surface area contributed by atoms with Gasteiger partial charge in [-0.1, -0.05) is 0 Å². The Labute approximate surface area is 84.1 Å². The van der Waals surface area contributed by atoms with E-state index in [1.165, 1.54) is 0 Å². The summed E-state index contributed by atoms with van der Waals surface area (Å²) in [5.74, 6) is 2.52. The van der Waals surface area contributed by atoms with Crippen molar-refractivity contribution < 1.29 is 0 Å². The lowest BCUT2D eigenvalue weighted by Gasteiger charge is -1.92. The van der Waals surface area contributed by atoms with Crippen molar-refractivity contribution in [2.75, 3.05) is 5.73 Å². The lowest BCUT2D eigenvalue weighted by Crippen LogP contribution is -1.96. The number of terminal acetylenes is 1. The molecule has 0 bridgehead atoms. The van der Waals surface area contributed by atoms with Gasteiger partial charge in [-0.25, -0.2) is 0 Å². The van der Waals surface area contributed by atoms with Crippen LogP contribution in [0.2, 0.25) is 0 Å². The van der Waals surface area contributed by atoms with Crippen LogP contribution in [0.3, 0.4) is 0 Å². The van der Waals surface area contributed by atoms with Gasteiger partial charge in [-0.15, -0.1) is 37.2 Å². The SMILES string of the molecule is C#CCCn1cc(N)cn1.Cl.Cl. The van der Waals surface area contributed by atoms with Crippen LogP contribution in [0.5, 0.6) is 0 Å². The van der Waals surface area contributed by atoms with Crippen molar-refractivity contribution in [3.63, 3.8) is 0 Å². The molecule has 0 unspecified atom stereocenters. The summed E-state index contributed by atoms with van der Waals surface area (Å²) in [5.41, 5.74) is 6.09. The quantitative estimate of drug-likeness (QED) is 0.745. The van der Waals surface area contributed by atoms with E-state index >= 15 is 0 Å². The summed E-state index contributed by atoms with van der Waals surface area (Å²) >= 11 is 0. The Balaban J connectivity index is 0. The summed E-state index contributed by atoms with van der Waals surface area (Å²) in [7, 11) is 0. The average molecular weight is 208 g/mol. The zero-order valence-corrected chi connectivity index (χ0v) is 8.07. The molecule has 0 aromatic carbocycles. The molecule has 0 fully saturated rings. The van der Waals surface area contributed by atoms with E-state index in [9.17, 15) is 0 Å². The van der Waals surface area contributed by atoms with Crippen LogP contribution >= 0.6 is 24.8 Å². The summed E-state index contributed by atoms with van der Waals surface area (Å²) < 4.78 is 1.73. The van der Waals surface area contributed by atoms with Gasteiger partial charge in [0.1, 0.15) is 0 Å². The van der Waals surface area contributed by atoms with Crippen molar-refractivity contribution in [2.24, 2.45) is 0 Å². The summed E-state index contributed by atoms with van der Waals surface area (Å²) in [6, 6.07) is 0. The van der Waals surface area contributed by atoms with Crippen molar-refractivity contribution in [3.05, 3.63) is 12.4 Å². The van der Waals surface area contributed by atoms with Gasteiger partial charge in [-0.3, -0.25) is 4.68 Å². The predicted octanol–water partition coefficient (Wildman–Crippen LogP) is 1.33. The van der Waals surface area contributed by atoms with E-state index in [1.54, 1.807) is 17.1 Å². The Bertz CT molecular complexity index is 251. The normalized spacial score (nSPS) is 7.58. The lowest BCUT2D eigenvalue weighted by molar-refractivity contribution is 0.630. The molecule has 1 aromatic heterocycles. The first-order valence-electron chi connectivity index (χ1n) is 3.04. The molecule has 5 heteroatoms. The topological polar surface area (TPSA) is 43.8 Å². The number of rotatable bonds is 2. The molecule has 0 aliphatic carbocycles. The second-order valence-corrected chi connectivity index (χ2v) is 1.99. The van der Waals surface area contributed by atoms with Gasteiger partial charge < -0.3 is 5.73 Å². The van der Waals surface area contributed by atoms with Crippen LogP contribution in [0.1, 0.15) is 6.42 Å². The molecule has 12 heavy (non-hydrogen) atoms. The maximum atomic E-state index is 5.42. The third-order valence-electron chi connectivity index (χ3n) is 1.14. The van der Waals surface area contributed by atoms with E-state index in [-0.39, 0.29) is 24.8 Å². The second kappa shape index (κ2) is 6.84. The minimum Gasteiger partial charge on any atom is -0.396 e. The summed E-state index contributed by atoms with van der Waals surface area (Å²) in [5, 5.41) is 3.95. The average Bonchev–Trinajstić information content (AvgIpc) is 2.31. The lowest BCUT2D eigenvalue weighted by atomic mass is 10.4. The fourth-order valence-electron chi connectivity index (χ4n) is 0.681. The molecular weight excluding hydrogens is 197 g/mol. The minimum atomic E-state index is 0. The van der Waals surface area contributed by atoms with E-state index in [4.69, 9.17) is 12.2 Å². The van der Waals surface area contributed by atoms with E-state index in [1.807, 2.05) is 0 Å². The molecule has 0 saturated heterocycles. The highest BCUT2D eigenvalue weighted by atomic mass is 35.5. The largest absolute Gasteiger partial charge is 0.396 e. The van der Waals surface area contributed by atoms with Crippen LogP contribution < -0.4 is 5.73 Å². The van der Waals surface area contributed by atoms with E-state index in [0.29, 0.717) is 12.1 Å². The van der Waals surface area contributed by atoms with Crippen molar-refractivity contribution in [3.8, 4) is 12.3 Å². The third kappa shape index (κ3) is 4.12. The van der Waals surface area contributed by atoms with Crippen LogP contribution in [-0.4, -0.2) is 9.78 Å². The Morgan fingerprint density at radius 3 is 2.67 bits per heavy atom. The summed E-state index contributed by atoms with van der Waals surface area (Å²) in [4.78, 5) is 0. The number of nitrogens with zero attached hydrogens (tertiary/aromatic N) is 2. The van der Waals surface area contributed by atoms with Crippen LogP contribution in [-0.2, 0) is 6.54 Å². The third-order valence-corrected chi connectivity index (χ3v) is 1.14. The number of nitrogens with two attached hydrogens (primary N) is 1. The Hall–Kier alpha value is -0.850. The zero-order valence-electron chi connectivity index (χ0n) is 6.43. The molecule has 1 heterocycles. The van der Waals surface area contributed by atoms with Crippen molar-refractivity contribution in [1.29, 1.82) is 0 Å². The maximum Gasteiger partial charge on any atom is 0.0719 e. The smallest absolute Gasteiger partial charge is 0.0719 e. The molecule has 0 spiro atoms. The number of nitrogen functional groups attached to an aromatic ring is 1. The molecule has 0 atom stereocenters. The van der Waals surface area contributed by atoms with Crippen molar-refractivity contribution in [2.45, 2.75) is 13.0 Å². The van der Waals surface area contributed by atoms with Gasteiger partial charge in [0.05, 0.1) is 18.4 Å². The zero-order chi connectivity index (χ0) is 7.40. The number of hydrogen-bond acceptors (Lipinski definition) is 2. The molecule has 0 radical (unpaired) electrons. The highest BCUT2D eigenvalue weighted by molar-refractivity contribution is 5.85. The van der Waals surface area contributed by atoms with Gasteiger partial charge in [0.15, 0.2) is 0 Å². The highest BCUT2D eigenvalue weighted by Crippen LogP contribution is 1.97. The van der Waals surface area contributed by atoms with Gasteiger partial charge in [-0.05, 0) is 0 Å². The molecule has 0 aliphatic rings. The number of halogens is 2. The van der Waals surface area contributed by atoms with Crippen LogP contribution in [0, 0.1) is 12.3 Å². The molecular formula is C7H11Cl2N3. The molecule has 0 aliphatic heterocycles. The fraction of sp³-hybridized carbons (Fsp3) is 0.286. The monoisotopic (exact) mass is 207 g/mol. The summed E-state index contributed by atoms with van der Waals surface area (Å²) in [6.07, 6.45) is 9.13. The van der Waals surface area contributed by atoms with Gasteiger partial charge in [-0.2, -0.15) is 5.10 Å². The number of aromatic nitrogens is 2. The summed E-state index contributed by atoms with van der Waals surface area (Å²) in [6.45, 7) is 0.744. The molecule has 0 amide bonds. The molecule has 1 aromatic rings. The molecule has 2 N–H and O–H groups in total. The fourth-order valence-corrected chi connectivity index (χ4v) is 0.681. The number of hydrogen-bond donors (Lipinski definition) is 1. The standard InChI is InChI=1S/C7H9N3.2ClH/c1-2-3-4-10-6-7(8)5-9-10;;/h1,5-6H,3-4,8H2;2*1H. The van der Waals surface area contributed by atoms with E-state index in [2.05, 4.69) is 11.0 Å². The Kier molecular flexibility index (Phi) is 7.82. The highest BCUT2D eigenvalue weighted by Gasteiger charge is 1.90. The van der Waals surface area contributed by atoms with Gasteiger partial charge >= 0.3 is 0 Å². The minimum absolute atomic E-state index is 0. The molecule has 0 saturated carbocycles. The van der Waals surface area contributed by atoms with Crippen LogP contribution in [0.15, 0.2) is 12.4 Å². The number of anilines is 1. The van der Waals surface area contributed by atoms with E-state index in [0.717, 1.165) is 6.54 Å². The molecule has 68 valence electrons. The van der Waals surface area contributed by atoms with Gasteiger partial charge in [0, 0.05) is 12.6 Å². The first-order valence-corrected chi connectivity index (χ1v) is 3.04. The molecule has 3 nitrogen and oxygen atoms in total. The van der Waals surface area contributed by atoms with Crippen molar-refractivity contribution in [1.82, 2.24) is 9.78 Å². The predicted molar refractivity (Wildman–Crippen MR) is 54.6 cm³/mol. The first-order chi connectivity index (χ1) is 4.83. The Morgan fingerprint density at radius 2 is 2.25 bits per heavy atom. The first kappa shape index (κ1) is 13.7. The van der Waals surface area contributed by atoms with Gasteiger partial charge in [0.25, 0.3) is 0 Å². The van der Waals surface area contributed by atoms with Crippen LogP contribution in [0.4, 0.5) is 5.69 Å². The van der Waals surface area contributed by atoms with Crippen LogP contribution in [0.25, 0.3) is 0 Å². The van der Waals surface area contributed by atoms with Crippen molar-refractivity contribution >= 4 is 30.5 Å². The maximum absolute atomic E-state index is 5.42. The molecule has 1 rings (SSSR count).